The first-order valence-corrected chi connectivity index (χ1v) is 8.88. The second kappa shape index (κ2) is 8.90. The maximum atomic E-state index is 12.3. The minimum Gasteiger partial charge on any atom is -0.497 e. The highest BCUT2D eigenvalue weighted by Crippen LogP contribution is 2.31. The van der Waals surface area contributed by atoms with Gasteiger partial charge in [0.2, 0.25) is 5.91 Å². The lowest BCUT2D eigenvalue weighted by molar-refractivity contribution is -0.115. The summed E-state index contributed by atoms with van der Waals surface area (Å²) in [4.78, 5) is 16.6. The van der Waals surface area contributed by atoms with Crippen LogP contribution in [0.2, 0.25) is 0 Å². The van der Waals surface area contributed by atoms with E-state index in [1.54, 1.807) is 26.5 Å². The number of amides is 1. The molecule has 3 aromatic rings. The Balaban J connectivity index is 1.65. The monoisotopic (exact) mass is 377 g/mol. The zero-order chi connectivity index (χ0) is 19.9. The van der Waals surface area contributed by atoms with Crippen molar-refractivity contribution in [3.8, 4) is 11.5 Å². The quantitative estimate of drug-likeness (QED) is 0.641. The smallest absolute Gasteiger partial charge is 0.229 e. The van der Waals surface area contributed by atoms with Crippen molar-refractivity contribution in [3.63, 3.8) is 0 Å². The van der Waals surface area contributed by atoms with Crippen molar-refractivity contribution in [1.29, 1.82) is 0 Å². The van der Waals surface area contributed by atoms with Crippen molar-refractivity contribution in [1.82, 2.24) is 4.98 Å². The van der Waals surface area contributed by atoms with E-state index in [9.17, 15) is 4.79 Å². The summed E-state index contributed by atoms with van der Waals surface area (Å²) in [5.74, 6) is 1.81. The van der Waals surface area contributed by atoms with Crippen molar-refractivity contribution >= 4 is 23.1 Å². The Morgan fingerprint density at radius 3 is 2.54 bits per heavy atom. The number of hydrogen-bond donors (Lipinski definition) is 2. The largest absolute Gasteiger partial charge is 0.497 e. The average molecular weight is 377 g/mol. The zero-order valence-electron chi connectivity index (χ0n) is 16.2. The summed E-state index contributed by atoms with van der Waals surface area (Å²) in [6.45, 7) is 1.99. The predicted octanol–water partition coefficient (Wildman–Crippen LogP) is 4.33. The van der Waals surface area contributed by atoms with Gasteiger partial charge in [0, 0.05) is 6.07 Å². The van der Waals surface area contributed by atoms with Gasteiger partial charge >= 0.3 is 0 Å². The lowest BCUT2D eigenvalue weighted by atomic mass is 10.1. The molecule has 144 valence electrons. The molecule has 2 aromatic carbocycles. The normalized spacial score (nSPS) is 10.2. The van der Waals surface area contributed by atoms with E-state index < -0.39 is 0 Å². The number of aromatic nitrogens is 1. The minimum absolute atomic E-state index is 0.100. The van der Waals surface area contributed by atoms with Crippen molar-refractivity contribution in [2.75, 3.05) is 24.9 Å². The molecule has 1 amide bonds. The summed E-state index contributed by atoms with van der Waals surface area (Å²) in [7, 11) is 3.22. The van der Waals surface area contributed by atoms with E-state index in [1.165, 1.54) is 0 Å². The molecule has 0 aliphatic rings. The lowest BCUT2D eigenvalue weighted by Gasteiger charge is -2.13. The number of carbonyl (C=O) groups excluding carboxylic acids is 1. The first-order valence-electron chi connectivity index (χ1n) is 8.88. The van der Waals surface area contributed by atoms with Crippen LogP contribution >= 0.6 is 0 Å². The topological polar surface area (TPSA) is 72.5 Å². The summed E-state index contributed by atoms with van der Waals surface area (Å²) in [5, 5.41) is 6.07. The fraction of sp³-hybridized carbons (Fsp3) is 0.182. The molecule has 0 unspecified atom stereocenters. The average Bonchev–Trinajstić information content (AvgIpc) is 2.71. The molecule has 0 saturated heterocycles. The van der Waals surface area contributed by atoms with Crippen LogP contribution in [0.25, 0.3) is 0 Å². The van der Waals surface area contributed by atoms with Gasteiger partial charge in [-0.25, -0.2) is 4.98 Å². The van der Waals surface area contributed by atoms with E-state index in [-0.39, 0.29) is 5.91 Å². The molecule has 0 aliphatic carbocycles. The van der Waals surface area contributed by atoms with Crippen LogP contribution in [-0.2, 0) is 11.2 Å². The van der Waals surface area contributed by atoms with Crippen LogP contribution < -0.4 is 20.1 Å². The molecule has 0 spiro atoms. The molecule has 28 heavy (non-hydrogen) atoms. The van der Waals surface area contributed by atoms with E-state index in [0.717, 1.165) is 28.3 Å². The molecule has 0 fully saturated rings. The lowest BCUT2D eigenvalue weighted by Crippen LogP contribution is -2.15. The summed E-state index contributed by atoms with van der Waals surface area (Å²) in [6, 6.07) is 16.9. The number of aryl methyl sites for hydroxylation is 1. The van der Waals surface area contributed by atoms with Gasteiger partial charge in [-0.1, -0.05) is 24.3 Å². The highest BCUT2D eigenvalue weighted by Gasteiger charge is 2.08. The highest BCUT2D eigenvalue weighted by atomic mass is 16.5. The molecular weight excluding hydrogens is 354 g/mol. The summed E-state index contributed by atoms with van der Waals surface area (Å²) in [6.07, 6.45) is 1.97. The molecule has 1 heterocycles. The van der Waals surface area contributed by atoms with Gasteiger partial charge in [0.25, 0.3) is 0 Å². The number of methoxy groups -OCH3 is 2. The predicted molar refractivity (Wildman–Crippen MR) is 111 cm³/mol. The molecule has 2 N–H and O–H groups in total. The molecular formula is C22H23N3O3. The second-order valence-corrected chi connectivity index (χ2v) is 6.27. The molecule has 0 aliphatic heterocycles. The third-order valence-corrected chi connectivity index (χ3v) is 4.33. The second-order valence-electron chi connectivity index (χ2n) is 6.27. The van der Waals surface area contributed by atoms with E-state index in [1.807, 2.05) is 55.5 Å². The van der Waals surface area contributed by atoms with Crippen molar-refractivity contribution in [2.24, 2.45) is 0 Å². The maximum absolute atomic E-state index is 12.3. The SMILES string of the molecule is COc1ccc(OC)c(Nc2ccc(NC(=O)Cc3ccccc3C)nc2)c1. The molecule has 0 atom stereocenters. The van der Waals surface area contributed by atoms with E-state index in [0.29, 0.717) is 18.0 Å². The number of nitrogens with zero attached hydrogens (tertiary/aromatic N) is 1. The Hall–Kier alpha value is -3.54. The Kier molecular flexibility index (Phi) is 6.11. The molecule has 6 heteroatoms. The van der Waals surface area contributed by atoms with Crippen LogP contribution in [0, 0.1) is 6.92 Å². The Morgan fingerprint density at radius 1 is 1.04 bits per heavy atom. The van der Waals surface area contributed by atoms with Gasteiger partial charge in [0.1, 0.15) is 17.3 Å². The zero-order valence-corrected chi connectivity index (χ0v) is 16.2. The number of anilines is 3. The molecule has 0 saturated carbocycles. The van der Waals surface area contributed by atoms with Crippen LogP contribution in [0.5, 0.6) is 11.5 Å². The summed E-state index contributed by atoms with van der Waals surface area (Å²) >= 11 is 0. The van der Waals surface area contributed by atoms with Gasteiger partial charge in [-0.3, -0.25) is 4.79 Å². The standard InChI is InChI=1S/C22H23N3O3/c1-15-6-4-5-7-16(15)12-22(26)25-21-11-8-17(14-23-21)24-19-13-18(27-2)9-10-20(19)28-3/h4-11,13-14,24H,12H2,1-3H3,(H,23,25,26). The fourth-order valence-corrected chi connectivity index (χ4v) is 2.78. The van der Waals surface area contributed by atoms with Crippen molar-refractivity contribution in [2.45, 2.75) is 13.3 Å². The number of hydrogen-bond acceptors (Lipinski definition) is 5. The van der Waals surface area contributed by atoms with Crippen molar-refractivity contribution in [3.05, 3.63) is 71.9 Å². The van der Waals surface area contributed by atoms with Crippen LogP contribution in [0.15, 0.2) is 60.8 Å². The Labute approximate surface area is 164 Å². The number of pyridine rings is 1. The molecule has 0 radical (unpaired) electrons. The van der Waals surface area contributed by atoms with Crippen LogP contribution in [0.1, 0.15) is 11.1 Å². The van der Waals surface area contributed by atoms with Gasteiger partial charge in [-0.2, -0.15) is 0 Å². The minimum atomic E-state index is -0.100. The van der Waals surface area contributed by atoms with Gasteiger partial charge in [0.05, 0.1) is 38.2 Å². The van der Waals surface area contributed by atoms with Gasteiger partial charge in [-0.05, 0) is 42.3 Å². The number of nitrogens with one attached hydrogen (secondary N) is 2. The van der Waals surface area contributed by atoms with Gasteiger partial charge < -0.3 is 20.1 Å². The molecule has 1 aromatic heterocycles. The third kappa shape index (κ3) is 4.79. The number of ether oxygens (including phenoxy) is 2. The van der Waals surface area contributed by atoms with Crippen LogP contribution in [0.3, 0.4) is 0 Å². The maximum Gasteiger partial charge on any atom is 0.229 e. The summed E-state index contributed by atoms with van der Waals surface area (Å²) in [5.41, 5.74) is 3.63. The van der Waals surface area contributed by atoms with E-state index in [2.05, 4.69) is 15.6 Å². The Bertz CT molecular complexity index is 955. The molecule has 6 nitrogen and oxygen atoms in total. The first-order chi connectivity index (χ1) is 13.6. The fourth-order valence-electron chi connectivity index (χ4n) is 2.78. The molecule has 0 bridgehead atoms. The number of benzene rings is 2. The third-order valence-electron chi connectivity index (χ3n) is 4.33. The Morgan fingerprint density at radius 2 is 1.86 bits per heavy atom. The van der Waals surface area contributed by atoms with Gasteiger partial charge in [-0.15, -0.1) is 0 Å². The van der Waals surface area contributed by atoms with Crippen molar-refractivity contribution < 1.29 is 14.3 Å². The van der Waals surface area contributed by atoms with E-state index >= 15 is 0 Å². The van der Waals surface area contributed by atoms with Gasteiger partial charge in [0.15, 0.2) is 0 Å². The number of rotatable bonds is 7. The van der Waals surface area contributed by atoms with E-state index in [4.69, 9.17) is 9.47 Å². The number of carbonyl (C=O) groups is 1. The van der Waals surface area contributed by atoms with Crippen LogP contribution in [0.4, 0.5) is 17.2 Å². The summed E-state index contributed by atoms with van der Waals surface area (Å²) < 4.78 is 10.6. The highest BCUT2D eigenvalue weighted by molar-refractivity contribution is 5.91. The first kappa shape index (κ1) is 19.2. The van der Waals surface area contributed by atoms with Crippen LogP contribution in [-0.4, -0.2) is 25.1 Å². The molecule has 3 rings (SSSR count).